The molecule has 26 heavy (non-hydrogen) atoms. The summed E-state index contributed by atoms with van der Waals surface area (Å²) in [4.78, 5) is 35.2. The molecule has 0 radical (unpaired) electrons. The minimum Gasteiger partial charge on any atom is -0.493 e. The molecule has 0 aliphatic carbocycles. The second-order valence-corrected chi connectivity index (χ2v) is 5.94. The predicted octanol–water partition coefficient (Wildman–Crippen LogP) is 1.80. The van der Waals surface area contributed by atoms with E-state index in [0.717, 1.165) is 5.56 Å². The summed E-state index contributed by atoms with van der Waals surface area (Å²) in [5.74, 6) is -0.0413. The Hall–Kier alpha value is -2.77. The number of methoxy groups -OCH3 is 2. The monoisotopic (exact) mass is 366 g/mol. The molecule has 2 N–H and O–H groups in total. The fourth-order valence-corrected chi connectivity index (χ4v) is 2.10. The van der Waals surface area contributed by atoms with Gasteiger partial charge in [0.25, 0.3) is 5.91 Å². The number of nitrogens with one attached hydrogen (secondary N) is 2. The summed E-state index contributed by atoms with van der Waals surface area (Å²) in [7, 11) is 3.08. The van der Waals surface area contributed by atoms with Crippen LogP contribution in [-0.4, -0.2) is 44.3 Å². The number of carbonyl (C=O) groups excluding carboxylic acids is 3. The fraction of sp³-hybridized carbons (Fsp3) is 0.500. The number of urea groups is 1. The highest BCUT2D eigenvalue weighted by Crippen LogP contribution is 2.27. The van der Waals surface area contributed by atoms with Crippen LogP contribution in [0.1, 0.15) is 32.8 Å². The van der Waals surface area contributed by atoms with Gasteiger partial charge < -0.3 is 19.5 Å². The maximum absolute atomic E-state index is 11.9. The Balaban J connectivity index is 2.48. The predicted molar refractivity (Wildman–Crippen MR) is 95.2 cm³/mol. The van der Waals surface area contributed by atoms with Crippen LogP contribution in [0.25, 0.3) is 0 Å². The molecule has 144 valence electrons. The summed E-state index contributed by atoms with van der Waals surface area (Å²) >= 11 is 0. The topological polar surface area (TPSA) is 103 Å². The SMILES string of the molecule is COc1ccc(CCC(=O)OC(C)C(=O)NC(=O)NC(C)C)cc1OC. The van der Waals surface area contributed by atoms with Gasteiger partial charge in [0.2, 0.25) is 0 Å². The van der Waals surface area contributed by atoms with Crippen LogP contribution in [0.4, 0.5) is 4.79 Å². The first-order valence-corrected chi connectivity index (χ1v) is 8.28. The zero-order chi connectivity index (χ0) is 19.7. The molecule has 1 aromatic rings. The Morgan fingerprint density at radius 2 is 1.69 bits per heavy atom. The number of hydrogen-bond acceptors (Lipinski definition) is 6. The lowest BCUT2D eigenvalue weighted by atomic mass is 10.1. The van der Waals surface area contributed by atoms with Gasteiger partial charge in [-0.05, 0) is 44.9 Å². The van der Waals surface area contributed by atoms with Crippen LogP contribution in [0.2, 0.25) is 0 Å². The number of imide groups is 1. The van der Waals surface area contributed by atoms with Crippen LogP contribution >= 0.6 is 0 Å². The summed E-state index contributed by atoms with van der Waals surface area (Å²) in [6, 6.07) is 4.61. The van der Waals surface area contributed by atoms with Crippen LogP contribution < -0.4 is 20.1 Å². The summed E-state index contributed by atoms with van der Waals surface area (Å²) < 4.78 is 15.4. The number of benzene rings is 1. The molecule has 1 unspecified atom stereocenters. The van der Waals surface area contributed by atoms with E-state index in [0.29, 0.717) is 17.9 Å². The molecule has 0 spiro atoms. The molecular formula is C18H26N2O6. The van der Waals surface area contributed by atoms with Gasteiger partial charge in [0.05, 0.1) is 14.2 Å². The minimum atomic E-state index is -1.06. The fourth-order valence-electron chi connectivity index (χ4n) is 2.10. The van der Waals surface area contributed by atoms with Crippen LogP contribution in [0.3, 0.4) is 0 Å². The van der Waals surface area contributed by atoms with Crippen LogP contribution in [0.15, 0.2) is 18.2 Å². The summed E-state index contributed by atoms with van der Waals surface area (Å²) in [6.07, 6.45) is -0.557. The second kappa shape index (κ2) is 10.3. The molecule has 0 bridgehead atoms. The van der Waals surface area contributed by atoms with Gasteiger partial charge >= 0.3 is 12.0 Å². The number of rotatable bonds is 8. The molecule has 8 heteroatoms. The number of aryl methyl sites for hydroxylation is 1. The van der Waals surface area contributed by atoms with Gasteiger partial charge in [-0.2, -0.15) is 0 Å². The minimum absolute atomic E-state index is 0.0886. The molecule has 3 amide bonds. The molecule has 1 atom stereocenters. The molecule has 0 aliphatic rings. The molecule has 1 aromatic carbocycles. The summed E-state index contributed by atoms with van der Waals surface area (Å²) in [5.41, 5.74) is 0.869. The van der Waals surface area contributed by atoms with E-state index in [1.54, 1.807) is 33.1 Å². The average Bonchev–Trinajstić information content (AvgIpc) is 2.58. The zero-order valence-corrected chi connectivity index (χ0v) is 15.8. The molecule has 8 nitrogen and oxygen atoms in total. The van der Waals surface area contributed by atoms with Crippen molar-refractivity contribution >= 4 is 17.9 Å². The van der Waals surface area contributed by atoms with Crippen molar-refractivity contribution in [3.8, 4) is 11.5 Å². The van der Waals surface area contributed by atoms with Gasteiger partial charge in [0, 0.05) is 12.5 Å². The lowest BCUT2D eigenvalue weighted by molar-refractivity contribution is -0.154. The van der Waals surface area contributed by atoms with Gasteiger partial charge in [-0.3, -0.25) is 14.9 Å². The van der Waals surface area contributed by atoms with Gasteiger partial charge in [0.15, 0.2) is 17.6 Å². The first-order valence-electron chi connectivity index (χ1n) is 8.28. The Kier molecular flexibility index (Phi) is 8.41. The van der Waals surface area contributed by atoms with Crippen molar-refractivity contribution in [3.05, 3.63) is 23.8 Å². The van der Waals surface area contributed by atoms with E-state index in [-0.39, 0.29) is 12.5 Å². The molecule has 0 aromatic heterocycles. The van der Waals surface area contributed by atoms with E-state index in [2.05, 4.69) is 10.6 Å². The molecular weight excluding hydrogens is 340 g/mol. The van der Waals surface area contributed by atoms with Gasteiger partial charge in [0.1, 0.15) is 0 Å². The highest BCUT2D eigenvalue weighted by Gasteiger charge is 2.20. The molecule has 0 aliphatic heterocycles. The highest BCUT2D eigenvalue weighted by atomic mass is 16.5. The van der Waals surface area contributed by atoms with Crippen molar-refractivity contribution < 1.29 is 28.6 Å². The maximum atomic E-state index is 11.9. The lowest BCUT2D eigenvalue weighted by Crippen LogP contribution is -2.46. The summed E-state index contributed by atoms with van der Waals surface area (Å²) in [6.45, 7) is 4.94. The second-order valence-electron chi connectivity index (χ2n) is 5.94. The number of carbonyl (C=O) groups is 3. The largest absolute Gasteiger partial charge is 0.493 e. The summed E-state index contributed by atoms with van der Waals surface area (Å²) in [5, 5.41) is 4.64. The van der Waals surface area contributed by atoms with Crippen molar-refractivity contribution in [3.63, 3.8) is 0 Å². The van der Waals surface area contributed by atoms with E-state index in [1.165, 1.54) is 14.0 Å². The molecule has 0 heterocycles. The first-order chi connectivity index (χ1) is 12.3. The van der Waals surface area contributed by atoms with Crippen molar-refractivity contribution in [2.24, 2.45) is 0 Å². The smallest absolute Gasteiger partial charge is 0.321 e. The third kappa shape index (κ3) is 7.00. The highest BCUT2D eigenvalue weighted by molar-refractivity contribution is 5.97. The van der Waals surface area contributed by atoms with E-state index in [1.807, 2.05) is 6.07 Å². The molecule has 0 saturated carbocycles. The zero-order valence-electron chi connectivity index (χ0n) is 15.8. The standard InChI is InChI=1S/C18H26N2O6/c1-11(2)19-18(23)20-17(22)12(3)26-16(21)9-7-13-6-8-14(24-4)15(10-13)25-5/h6,8,10-12H,7,9H2,1-5H3,(H2,19,20,22,23). The van der Waals surface area contributed by atoms with Crippen molar-refractivity contribution in [2.75, 3.05) is 14.2 Å². The average molecular weight is 366 g/mol. The van der Waals surface area contributed by atoms with Crippen LogP contribution in [0, 0.1) is 0 Å². The van der Waals surface area contributed by atoms with Gasteiger partial charge in [-0.15, -0.1) is 0 Å². The van der Waals surface area contributed by atoms with E-state index in [4.69, 9.17) is 14.2 Å². The van der Waals surface area contributed by atoms with Crippen molar-refractivity contribution in [2.45, 2.75) is 45.8 Å². The first kappa shape index (κ1) is 21.3. The number of ether oxygens (including phenoxy) is 3. The van der Waals surface area contributed by atoms with Crippen molar-refractivity contribution in [1.82, 2.24) is 10.6 Å². The number of amides is 3. The van der Waals surface area contributed by atoms with Gasteiger partial charge in [-0.25, -0.2) is 4.79 Å². The van der Waals surface area contributed by atoms with Crippen LogP contribution in [0.5, 0.6) is 11.5 Å². The third-order valence-corrected chi connectivity index (χ3v) is 3.40. The number of hydrogen-bond donors (Lipinski definition) is 2. The van der Waals surface area contributed by atoms with Crippen molar-refractivity contribution in [1.29, 1.82) is 0 Å². The quantitative estimate of drug-likeness (QED) is 0.680. The lowest BCUT2D eigenvalue weighted by Gasteiger charge is -2.14. The molecule has 0 saturated heterocycles. The van der Waals surface area contributed by atoms with E-state index >= 15 is 0 Å². The Morgan fingerprint density at radius 1 is 1.04 bits per heavy atom. The Bertz CT molecular complexity index is 645. The van der Waals surface area contributed by atoms with Gasteiger partial charge in [-0.1, -0.05) is 6.07 Å². The molecule has 1 rings (SSSR count). The number of esters is 1. The molecule has 0 fully saturated rings. The van der Waals surface area contributed by atoms with E-state index in [9.17, 15) is 14.4 Å². The third-order valence-electron chi connectivity index (χ3n) is 3.40. The van der Waals surface area contributed by atoms with Crippen LogP contribution in [-0.2, 0) is 20.7 Å². The maximum Gasteiger partial charge on any atom is 0.321 e. The Morgan fingerprint density at radius 3 is 2.27 bits per heavy atom. The van der Waals surface area contributed by atoms with E-state index < -0.39 is 24.0 Å². The normalized spacial score (nSPS) is 11.5. The Labute approximate surface area is 153 Å².